The number of aliphatic hydroxyl groups excluding tert-OH is 1. The third-order valence-corrected chi connectivity index (χ3v) is 4.83. The first-order valence-electron chi connectivity index (χ1n) is 6.41. The van der Waals surface area contributed by atoms with Crippen LogP contribution in [-0.4, -0.2) is 30.7 Å². The third-order valence-electron chi connectivity index (χ3n) is 3.36. The molecule has 1 heterocycles. The zero-order valence-corrected chi connectivity index (χ0v) is 11.4. The molecule has 0 amide bonds. The summed E-state index contributed by atoms with van der Waals surface area (Å²) in [6.07, 6.45) is 4.77. The van der Waals surface area contributed by atoms with Gasteiger partial charge in [0.1, 0.15) is 10.7 Å². The average molecular weight is 285 g/mol. The smallest absolute Gasteiger partial charge is 0.242 e. The fourth-order valence-electron chi connectivity index (χ4n) is 2.24. The van der Waals surface area contributed by atoms with Crippen molar-refractivity contribution in [2.24, 2.45) is 0 Å². The van der Waals surface area contributed by atoms with Gasteiger partial charge in [0.05, 0.1) is 6.10 Å². The first kappa shape index (κ1) is 14.2. The number of nitrogens with two attached hydrogens (primary N) is 1. The van der Waals surface area contributed by atoms with E-state index in [1.165, 1.54) is 18.3 Å². The van der Waals surface area contributed by atoms with Crippen molar-refractivity contribution in [2.75, 3.05) is 5.73 Å². The van der Waals surface area contributed by atoms with Crippen LogP contribution in [0, 0.1) is 0 Å². The minimum atomic E-state index is -3.65. The largest absolute Gasteiger partial charge is 0.391 e. The summed E-state index contributed by atoms with van der Waals surface area (Å²) in [7, 11) is -3.65. The molecule has 0 aromatic carbocycles. The Bertz CT molecular complexity index is 516. The van der Waals surface area contributed by atoms with E-state index in [4.69, 9.17) is 5.73 Å². The molecule has 1 aromatic rings. The summed E-state index contributed by atoms with van der Waals surface area (Å²) >= 11 is 0. The molecule has 1 aliphatic rings. The third kappa shape index (κ3) is 3.65. The van der Waals surface area contributed by atoms with Gasteiger partial charge in [0.15, 0.2) is 0 Å². The highest BCUT2D eigenvalue weighted by atomic mass is 32.2. The Balaban J connectivity index is 2.13. The molecule has 1 aliphatic carbocycles. The standard InChI is InChI=1S/C12H19N3O3S/c13-12-7-6-9(8-14-12)19(17,18)15-10-4-2-1-3-5-11(10)16/h6-8,10-11,15-16H,1-5H2,(H2,13,14). The maximum atomic E-state index is 12.2. The summed E-state index contributed by atoms with van der Waals surface area (Å²) in [4.78, 5) is 3.84. The Morgan fingerprint density at radius 3 is 2.68 bits per heavy atom. The topological polar surface area (TPSA) is 105 Å². The Morgan fingerprint density at radius 1 is 1.26 bits per heavy atom. The number of anilines is 1. The van der Waals surface area contributed by atoms with Crippen molar-refractivity contribution >= 4 is 15.8 Å². The molecule has 7 heteroatoms. The molecule has 4 N–H and O–H groups in total. The van der Waals surface area contributed by atoms with E-state index < -0.39 is 22.2 Å². The maximum Gasteiger partial charge on any atom is 0.242 e. The lowest BCUT2D eigenvalue weighted by atomic mass is 10.1. The van der Waals surface area contributed by atoms with Crippen LogP contribution in [0.2, 0.25) is 0 Å². The summed E-state index contributed by atoms with van der Waals surface area (Å²) in [6.45, 7) is 0. The summed E-state index contributed by atoms with van der Waals surface area (Å²) < 4.78 is 26.9. The van der Waals surface area contributed by atoms with E-state index in [9.17, 15) is 13.5 Å². The van der Waals surface area contributed by atoms with Crippen molar-refractivity contribution in [1.29, 1.82) is 0 Å². The number of hydrogen-bond acceptors (Lipinski definition) is 5. The van der Waals surface area contributed by atoms with Gasteiger partial charge in [-0.2, -0.15) is 0 Å². The van der Waals surface area contributed by atoms with Gasteiger partial charge in [-0.05, 0) is 25.0 Å². The molecule has 106 valence electrons. The van der Waals surface area contributed by atoms with Crippen molar-refractivity contribution in [3.63, 3.8) is 0 Å². The summed E-state index contributed by atoms with van der Waals surface area (Å²) in [5.74, 6) is 0.272. The molecular formula is C12H19N3O3S. The molecule has 19 heavy (non-hydrogen) atoms. The van der Waals surface area contributed by atoms with Crippen molar-refractivity contribution in [2.45, 2.75) is 49.1 Å². The molecule has 1 saturated carbocycles. The van der Waals surface area contributed by atoms with Crippen LogP contribution in [0.1, 0.15) is 32.1 Å². The van der Waals surface area contributed by atoms with Crippen LogP contribution in [0.5, 0.6) is 0 Å². The zero-order chi connectivity index (χ0) is 13.9. The zero-order valence-electron chi connectivity index (χ0n) is 10.6. The molecule has 0 saturated heterocycles. The van der Waals surface area contributed by atoms with Crippen LogP contribution in [0.4, 0.5) is 5.82 Å². The Labute approximate surface area is 113 Å². The van der Waals surface area contributed by atoms with Crippen LogP contribution in [0.25, 0.3) is 0 Å². The van der Waals surface area contributed by atoms with Gasteiger partial charge in [-0.15, -0.1) is 0 Å². The predicted octanol–water partition coefficient (Wildman–Crippen LogP) is 0.636. The van der Waals surface area contributed by atoms with E-state index in [-0.39, 0.29) is 10.7 Å². The van der Waals surface area contributed by atoms with Crippen molar-refractivity contribution < 1.29 is 13.5 Å². The molecule has 2 rings (SSSR count). The summed E-state index contributed by atoms with van der Waals surface area (Å²) in [6, 6.07) is 2.43. The number of rotatable bonds is 3. The minimum Gasteiger partial charge on any atom is -0.391 e. The van der Waals surface area contributed by atoms with E-state index in [0.717, 1.165) is 19.3 Å². The molecule has 6 nitrogen and oxygen atoms in total. The molecule has 0 aliphatic heterocycles. The molecule has 0 radical (unpaired) electrons. The highest BCUT2D eigenvalue weighted by molar-refractivity contribution is 7.89. The van der Waals surface area contributed by atoms with Crippen molar-refractivity contribution in [3.8, 4) is 0 Å². The van der Waals surface area contributed by atoms with Crippen LogP contribution in [0.15, 0.2) is 23.2 Å². The van der Waals surface area contributed by atoms with E-state index in [2.05, 4.69) is 9.71 Å². The number of aromatic nitrogens is 1. The van der Waals surface area contributed by atoms with Crippen molar-refractivity contribution in [3.05, 3.63) is 18.3 Å². The number of hydrogen-bond donors (Lipinski definition) is 3. The minimum absolute atomic E-state index is 0.0677. The van der Waals surface area contributed by atoms with E-state index in [1.54, 1.807) is 0 Å². The highest BCUT2D eigenvalue weighted by Gasteiger charge is 2.27. The lowest BCUT2D eigenvalue weighted by Gasteiger charge is -2.21. The molecular weight excluding hydrogens is 266 g/mol. The van der Waals surface area contributed by atoms with Crippen LogP contribution < -0.4 is 10.5 Å². The van der Waals surface area contributed by atoms with Crippen LogP contribution >= 0.6 is 0 Å². The Morgan fingerprint density at radius 2 is 2.00 bits per heavy atom. The summed E-state index contributed by atoms with van der Waals surface area (Å²) in [5.41, 5.74) is 5.43. The van der Waals surface area contributed by atoms with Gasteiger partial charge >= 0.3 is 0 Å². The van der Waals surface area contributed by atoms with Gasteiger partial charge < -0.3 is 10.8 Å². The lowest BCUT2D eigenvalue weighted by Crippen LogP contribution is -2.42. The first-order chi connectivity index (χ1) is 8.99. The number of sulfonamides is 1. The maximum absolute atomic E-state index is 12.2. The van der Waals surface area contributed by atoms with E-state index in [1.807, 2.05) is 0 Å². The SMILES string of the molecule is Nc1ccc(S(=O)(=O)NC2CCCCCC2O)cn1. The Kier molecular flexibility index (Phi) is 4.38. The van der Waals surface area contributed by atoms with E-state index in [0.29, 0.717) is 12.8 Å². The molecule has 2 unspecified atom stereocenters. The Hall–Kier alpha value is -1.18. The molecule has 0 bridgehead atoms. The second kappa shape index (κ2) is 5.85. The second-order valence-electron chi connectivity index (χ2n) is 4.85. The van der Waals surface area contributed by atoms with Crippen molar-refractivity contribution in [1.82, 2.24) is 9.71 Å². The first-order valence-corrected chi connectivity index (χ1v) is 7.89. The predicted molar refractivity (Wildman–Crippen MR) is 71.9 cm³/mol. The number of pyridine rings is 1. The lowest BCUT2D eigenvalue weighted by molar-refractivity contribution is 0.130. The quantitative estimate of drug-likeness (QED) is 0.707. The fraction of sp³-hybridized carbons (Fsp3) is 0.583. The van der Waals surface area contributed by atoms with Gasteiger partial charge in [0.25, 0.3) is 0 Å². The molecule has 0 spiro atoms. The van der Waals surface area contributed by atoms with Gasteiger partial charge in [0, 0.05) is 12.2 Å². The van der Waals surface area contributed by atoms with Gasteiger partial charge in [0.2, 0.25) is 10.0 Å². The van der Waals surface area contributed by atoms with Crippen LogP contribution in [0.3, 0.4) is 0 Å². The monoisotopic (exact) mass is 285 g/mol. The molecule has 1 fully saturated rings. The van der Waals surface area contributed by atoms with Gasteiger partial charge in [-0.1, -0.05) is 19.3 Å². The van der Waals surface area contributed by atoms with Gasteiger partial charge in [-0.25, -0.2) is 18.1 Å². The van der Waals surface area contributed by atoms with Gasteiger partial charge in [-0.3, -0.25) is 0 Å². The fourth-order valence-corrected chi connectivity index (χ4v) is 3.49. The average Bonchev–Trinajstić information content (AvgIpc) is 2.55. The second-order valence-corrected chi connectivity index (χ2v) is 6.57. The number of nitrogens with one attached hydrogen (secondary N) is 1. The summed E-state index contributed by atoms with van der Waals surface area (Å²) in [5, 5.41) is 9.94. The van der Waals surface area contributed by atoms with Crippen LogP contribution in [-0.2, 0) is 10.0 Å². The molecule has 2 atom stereocenters. The highest BCUT2D eigenvalue weighted by Crippen LogP contribution is 2.20. The van der Waals surface area contributed by atoms with E-state index >= 15 is 0 Å². The molecule has 1 aromatic heterocycles. The number of nitrogens with zero attached hydrogens (tertiary/aromatic N) is 1. The number of nitrogen functional groups attached to an aromatic ring is 1. The normalized spacial score (nSPS) is 24.9. The number of aliphatic hydroxyl groups is 1.